The molecule has 5 aliphatic heterocycles. The van der Waals surface area contributed by atoms with Gasteiger partial charge in [0.15, 0.2) is 18.2 Å². The summed E-state index contributed by atoms with van der Waals surface area (Å²) in [5.41, 5.74) is 12.8. The summed E-state index contributed by atoms with van der Waals surface area (Å²) in [4.78, 5) is 90.4. The molecular weight excluding hydrogens is 1610 g/mol. The maximum atomic E-state index is 12.1. The molecule has 4 amide bonds. The van der Waals surface area contributed by atoms with Gasteiger partial charge in [0.2, 0.25) is 0 Å². The first-order valence-electron chi connectivity index (χ1n) is 42.4. The lowest BCUT2D eigenvalue weighted by Gasteiger charge is -2.42. The summed E-state index contributed by atoms with van der Waals surface area (Å²) in [6.45, 7) is 55.4. The molecule has 5 atom stereocenters. The van der Waals surface area contributed by atoms with Crippen molar-refractivity contribution in [2.75, 3.05) is 114 Å². The molecule has 34 heteroatoms. The summed E-state index contributed by atoms with van der Waals surface area (Å²) < 4.78 is 62.8. The summed E-state index contributed by atoms with van der Waals surface area (Å²) in [7, 11) is 0. The van der Waals surface area contributed by atoms with E-state index in [1.54, 1.807) is 39.1 Å². The number of benzene rings is 3. The predicted octanol–water partition coefficient (Wildman–Crippen LogP) is 13.8. The fraction of sp³-hybridized carbons (Fsp3) is 0.593. The van der Waals surface area contributed by atoms with Gasteiger partial charge in [0.25, 0.3) is 0 Å². The molecule has 125 heavy (non-hydrogen) atoms. The molecule has 3 aromatic heterocycles. The van der Waals surface area contributed by atoms with Gasteiger partial charge >= 0.3 is 36.0 Å². The highest BCUT2D eigenvalue weighted by molar-refractivity contribution is 5.70. The number of anilines is 3. The van der Waals surface area contributed by atoms with Crippen molar-refractivity contribution >= 4 is 53.2 Å². The number of amides is 4. The Morgan fingerprint density at radius 1 is 0.392 bits per heavy atom. The molecule has 5 unspecified atom stereocenters. The van der Waals surface area contributed by atoms with Crippen molar-refractivity contribution in [3.05, 3.63) is 189 Å². The zero-order valence-corrected chi connectivity index (χ0v) is 77.4. The Bertz CT molecular complexity index is 4180. The van der Waals surface area contributed by atoms with Gasteiger partial charge in [-0.1, -0.05) is 91.0 Å². The molecule has 3 aromatic carbocycles. The van der Waals surface area contributed by atoms with Gasteiger partial charge in [-0.15, -0.1) is 0 Å². The number of nitro groups is 2. The number of nitrogen functional groups attached to an aromatic ring is 1. The third-order valence-electron chi connectivity index (χ3n) is 20.0. The number of ether oxygens (including phenoxy) is 9. The van der Waals surface area contributed by atoms with Gasteiger partial charge in [-0.3, -0.25) is 14.7 Å². The van der Waals surface area contributed by atoms with E-state index >= 15 is 0 Å². The van der Waals surface area contributed by atoms with Gasteiger partial charge in [-0.05, 0) is 213 Å². The third kappa shape index (κ3) is 38.8. The van der Waals surface area contributed by atoms with Crippen molar-refractivity contribution in [2.45, 2.75) is 253 Å². The molecule has 33 nitrogen and oxygen atoms in total. The van der Waals surface area contributed by atoms with Crippen molar-refractivity contribution in [2.24, 2.45) is 5.73 Å². The molecule has 8 N–H and O–H groups in total. The Kier molecular flexibility index (Phi) is 38.5. The number of carbonyl (C=O) groups is 4. The molecule has 0 spiro atoms. The van der Waals surface area contributed by atoms with Crippen LogP contribution in [0.1, 0.15) is 169 Å². The second-order valence-corrected chi connectivity index (χ2v) is 38.2. The number of hydrogen-bond acceptors (Lipinski definition) is 27. The molecule has 5 saturated heterocycles. The van der Waals surface area contributed by atoms with Crippen molar-refractivity contribution < 1.29 is 76.0 Å². The molecule has 5 aliphatic rings. The highest BCUT2D eigenvalue weighted by Gasteiger charge is 2.42. The highest BCUT2D eigenvalue weighted by Crippen LogP contribution is 2.29. The topological polar surface area (TPSA) is 393 Å². The first-order chi connectivity index (χ1) is 58.1. The van der Waals surface area contributed by atoms with Gasteiger partial charge in [0.1, 0.15) is 28.2 Å². The fourth-order valence-electron chi connectivity index (χ4n) is 13.3. The lowest BCUT2D eigenvalue weighted by Crippen LogP contribution is -2.60. The maximum Gasteiger partial charge on any atom is 0.408 e. The number of nitrogens with zero attached hydrogens (tertiary/aromatic N) is 10. The number of aromatic nitrogens is 3. The van der Waals surface area contributed by atoms with Crippen LogP contribution in [0.15, 0.2) is 146 Å². The number of alkyl carbamates (subject to hydrolysis) is 4. The van der Waals surface area contributed by atoms with E-state index in [2.05, 4.69) is 135 Å². The lowest BCUT2D eigenvalue weighted by molar-refractivity contribution is -0.389. The Morgan fingerprint density at radius 2 is 0.664 bits per heavy atom. The van der Waals surface area contributed by atoms with Crippen molar-refractivity contribution in [1.82, 2.24) is 50.9 Å². The van der Waals surface area contributed by atoms with Crippen LogP contribution in [0, 0.1) is 26.0 Å². The summed E-state index contributed by atoms with van der Waals surface area (Å²) in [5.74, 6) is -0.618. The summed E-state index contributed by atoms with van der Waals surface area (Å²) in [5, 5.41) is 32.3. The van der Waals surface area contributed by atoms with E-state index in [1.165, 1.54) is 29.0 Å². The molecule has 8 heterocycles. The van der Waals surface area contributed by atoms with Crippen LogP contribution in [0.4, 0.5) is 52.4 Å². The van der Waals surface area contributed by atoms with E-state index in [1.807, 2.05) is 155 Å². The number of rotatable bonds is 19. The van der Waals surface area contributed by atoms with E-state index in [4.69, 9.17) is 54.1 Å². The first kappa shape index (κ1) is 104. The molecule has 692 valence electrons. The largest absolute Gasteiger partial charge is 0.444 e. The normalized spacial score (nSPS) is 18.9. The van der Waals surface area contributed by atoms with Crippen LogP contribution in [-0.4, -0.2) is 243 Å². The minimum Gasteiger partial charge on any atom is -0.444 e. The van der Waals surface area contributed by atoms with Crippen LogP contribution >= 0.6 is 0 Å². The van der Waals surface area contributed by atoms with Crippen LogP contribution in [-0.2, 0) is 62.3 Å². The van der Waals surface area contributed by atoms with E-state index in [0.717, 1.165) is 102 Å². The number of nitrogens with one attached hydrogen (secondary N) is 4. The smallest absolute Gasteiger partial charge is 0.408 e. The number of nitrogens with two attached hydrogens (primary N) is 2. The van der Waals surface area contributed by atoms with Crippen LogP contribution in [0.3, 0.4) is 0 Å². The third-order valence-corrected chi connectivity index (χ3v) is 20.0. The fourth-order valence-corrected chi connectivity index (χ4v) is 13.3. The van der Waals surface area contributed by atoms with Crippen molar-refractivity contribution in [1.29, 1.82) is 0 Å². The quantitative estimate of drug-likeness (QED) is 0.0249. The number of morpholine rings is 5. The molecule has 0 saturated carbocycles. The minimum atomic E-state index is -0.681. The van der Waals surface area contributed by atoms with Crippen LogP contribution in [0.2, 0.25) is 0 Å². The van der Waals surface area contributed by atoms with Gasteiger partial charge in [0, 0.05) is 103 Å². The van der Waals surface area contributed by atoms with Gasteiger partial charge in [0.05, 0.1) is 103 Å². The molecule has 11 rings (SSSR count). The molecule has 0 radical (unpaired) electrons. The second-order valence-electron chi connectivity index (χ2n) is 38.2. The van der Waals surface area contributed by atoms with Crippen LogP contribution in [0.5, 0.6) is 0 Å². The average molecular weight is 1750 g/mol. The molecule has 0 aliphatic carbocycles. The van der Waals surface area contributed by atoms with E-state index in [-0.39, 0.29) is 47.7 Å². The van der Waals surface area contributed by atoms with Gasteiger partial charge in [-0.25, -0.2) is 28.6 Å². The summed E-state index contributed by atoms with van der Waals surface area (Å²) >= 11 is 0. The standard InChI is InChI=1S/2C19H30N2O3.C17H26N4O5.C17H28N4O3.C14H22N2O.C5H3FN2O2/c2*1-18(2,3)24-17(22)20-19(4,5)16-14-21(11-12-23-16)13-15-9-7-6-8-10-15;1-16(2,3)26-15(22)19-17(4,5)13-11-20(8-9-25-13)12-6-7-14(18-10-12)21(23)24;1-16(2,3)24-15(22)20-17(4,5)13-11-21(8-9-23-13)12-6-7-14(18)19-10-12;1-14(2,15)13-11-16(8-9-17-13)10-12-6-4-3-5-7-12;6-4-1-2-5(7-3-4)8(9)10/h2*6-10,16H,11-14H2,1-5H3,(H,20,22);6-7,10,13H,8-9,11H2,1-5H3,(H,19,22);6-7,10,13H,8-9,11H2,1-5H3,(H2,18,19)(H,20,22);3-7,13H,8-11,15H2,1-2H3;1-3H. The Balaban J connectivity index is 0.000000236. The number of halogens is 1. The molecular formula is C91H139FN16O17. The zero-order valence-electron chi connectivity index (χ0n) is 77.4. The summed E-state index contributed by atoms with van der Waals surface area (Å²) in [6, 6.07) is 40.1. The Hall–Kier alpha value is -10.0. The number of carbonyl (C=O) groups excluding carboxylic acids is 4. The minimum absolute atomic E-state index is 0.0810. The van der Waals surface area contributed by atoms with Crippen molar-refractivity contribution in [3.8, 4) is 0 Å². The first-order valence-corrected chi connectivity index (χ1v) is 42.4. The number of pyridine rings is 3. The van der Waals surface area contributed by atoms with Gasteiger partial charge < -0.3 is 105 Å². The highest BCUT2D eigenvalue weighted by atomic mass is 19.1. The molecule has 0 bridgehead atoms. The van der Waals surface area contributed by atoms with Crippen molar-refractivity contribution in [3.63, 3.8) is 0 Å². The monoisotopic (exact) mass is 1750 g/mol. The maximum absolute atomic E-state index is 12.1. The SMILES string of the molecule is CC(C)(C)OC(=O)NC(C)(C)C1CN(Cc2ccccc2)CCO1.CC(C)(C)OC(=O)NC(C)(C)C1CN(Cc2ccccc2)CCO1.CC(C)(C)OC(=O)NC(C)(C)C1CN(c2ccc(N)nc2)CCO1.CC(C)(C)OC(=O)NC(C)(C)C1CN(c2ccc([N+](=O)[O-])nc2)CCO1.CC(C)(N)C1CN(Cc2ccccc2)CCO1.O=[N+]([O-])c1ccc(F)cn1. The predicted molar refractivity (Wildman–Crippen MR) is 481 cm³/mol. The summed E-state index contributed by atoms with van der Waals surface area (Å²) in [6.07, 6.45) is 1.80. The average Bonchev–Trinajstić information content (AvgIpc) is 0.820. The second kappa shape index (κ2) is 46.4. The van der Waals surface area contributed by atoms with E-state index < -0.39 is 84.6 Å². The Labute approximate surface area is 737 Å². The number of hydrogen-bond donors (Lipinski definition) is 6. The van der Waals surface area contributed by atoms with E-state index in [9.17, 15) is 43.8 Å². The Morgan fingerprint density at radius 3 is 0.928 bits per heavy atom. The van der Waals surface area contributed by atoms with Crippen LogP contribution in [0.25, 0.3) is 0 Å². The molecule has 5 fully saturated rings. The van der Waals surface area contributed by atoms with Gasteiger partial charge in [-0.2, -0.15) is 0 Å². The molecule has 6 aromatic rings. The van der Waals surface area contributed by atoms with Crippen LogP contribution < -0.4 is 42.5 Å². The lowest BCUT2D eigenvalue weighted by atomic mass is 9.95. The zero-order chi connectivity index (χ0) is 92.9. The van der Waals surface area contributed by atoms with E-state index in [0.29, 0.717) is 51.9 Å².